The van der Waals surface area contributed by atoms with Crippen molar-refractivity contribution in [2.24, 2.45) is 5.41 Å². The summed E-state index contributed by atoms with van der Waals surface area (Å²) in [6.07, 6.45) is 3.22. The summed E-state index contributed by atoms with van der Waals surface area (Å²) in [5, 5.41) is 0. The monoisotopic (exact) mass is 353 g/mol. The lowest BCUT2D eigenvalue weighted by molar-refractivity contribution is -0.0549. The Labute approximate surface area is 140 Å². The van der Waals surface area contributed by atoms with Crippen molar-refractivity contribution in [2.75, 3.05) is 24.8 Å². The van der Waals surface area contributed by atoms with Gasteiger partial charge in [-0.1, -0.05) is 26.6 Å². The Morgan fingerprint density at radius 2 is 1.64 bits per heavy atom. The van der Waals surface area contributed by atoms with E-state index in [1.54, 1.807) is 0 Å². The highest BCUT2D eigenvalue weighted by molar-refractivity contribution is 8.13. The van der Waals surface area contributed by atoms with Crippen LogP contribution in [0.2, 0.25) is 0 Å². The van der Waals surface area contributed by atoms with Gasteiger partial charge >= 0.3 is 0 Å². The third-order valence-electron chi connectivity index (χ3n) is 3.60. The van der Waals surface area contributed by atoms with Crippen LogP contribution in [0, 0.1) is 5.41 Å². The van der Waals surface area contributed by atoms with Gasteiger partial charge in [0.05, 0.1) is 18.5 Å². The van der Waals surface area contributed by atoms with Crippen LogP contribution in [0.1, 0.15) is 48.5 Å². The Balaban J connectivity index is 5.31. The highest BCUT2D eigenvalue weighted by atomic mass is 32.2. The van der Waals surface area contributed by atoms with E-state index in [1.807, 2.05) is 27.7 Å². The molecule has 0 N–H and O–H groups in total. The number of nitrogens with zero attached hydrogens (tertiary/aromatic N) is 1. The maximum atomic E-state index is 12.1. The van der Waals surface area contributed by atoms with Crippen LogP contribution in [-0.4, -0.2) is 61.1 Å². The van der Waals surface area contributed by atoms with Gasteiger partial charge in [-0.3, -0.25) is 0 Å². The van der Waals surface area contributed by atoms with Crippen LogP contribution in [0.3, 0.4) is 0 Å². The van der Waals surface area contributed by atoms with Crippen LogP contribution >= 0.6 is 10.5 Å². The van der Waals surface area contributed by atoms with Gasteiger partial charge in [0.1, 0.15) is 0 Å². The predicted octanol–water partition coefficient (Wildman–Crippen LogP) is 3.20. The quantitative estimate of drug-likeness (QED) is 0.660. The summed E-state index contributed by atoms with van der Waals surface area (Å²) in [5.41, 5.74) is -0.447. The normalized spacial score (nSPS) is 18.3. The zero-order valence-electron chi connectivity index (χ0n) is 15.8. The Morgan fingerprint density at radius 1 is 1.18 bits per heavy atom. The molecular weight excluding hydrogens is 318 g/mol. The van der Waals surface area contributed by atoms with Gasteiger partial charge in [-0.15, -0.1) is 0 Å². The zero-order valence-corrected chi connectivity index (χ0v) is 17.4. The number of hydrogen-bond acceptors (Lipinski definition) is 3. The highest BCUT2D eigenvalue weighted by Gasteiger charge is 2.33. The van der Waals surface area contributed by atoms with Crippen LogP contribution in [0.5, 0.6) is 0 Å². The standard InChI is InChI=1S/C16H35NO3S2/c1-13(15(2,3)4)20-14(12-21(8)9)11-17(16(5,6)7)22(10,18)19/h13-14H,8,11-12H2,1-7,9-10H3. The largest absolute Gasteiger partial charge is 0.373 e. The molecule has 6 heteroatoms. The lowest BCUT2D eigenvalue weighted by Gasteiger charge is -2.38. The Kier molecular flexibility index (Phi) is 7.81. The minimum atomic E-state index is -3.29. The number of ether oxygens (including phenoxy) is 1. The topological polar surface area (TPSA) is 46.6 Å². The number of sulfonamides is 1. The maximum Gasteiger partial charge on any atom is 0.211 e. The summed E-state index contributed by atoms with van der Waals surface area (Å²) in [7, 11) is -3.34. The molecule has 0 radical (unpaired) electrons. The van der Waals surface area contributed by atoms with Gasteiger partial charge in [-0.2, -0.15) is 14.8 Å². The van der Waals surface area contributed by atoms with Crippen molar-refractivity contribution in [3.05, 3.63) is 0 Å². The molecule has 0 amide bonds. The van der Waals surface area contributed by atoms with E-state index in [0.29, 0.717) is 6.54 Å². The second-order valence-corrected chi connectivity index (χ2v) is 12.0. The molecule has 0 aliphatic carbocycles. The minimum Gasteiger partial charge on any atom is -0.373 e. The molecule has 0 saturated carbocycles. The third-order valence-corrected chi connectivity index (χ3v) is 6.04. The molecule has 4 nitrogen and oxygen atoms in total. The molecule has 0 spiro atoms. The molecule has 0 fully saturated rings. The van der Waals surface area contributed by atoms with Gasteiger partial charge in [-0.05, 0) is 39.4 Å². The molecule has 0 rings (SSSR count). The van der Waals surface area contributed by atoms with Crippen molar-refractivity contribution in [3.63, 3.8) is 0 Å². The summed E-state index contributed by atoms with van der Waals surface area (Å²) in [6, 6.07) is 0. The number of rotatable bonds is 7. The Bertz CT molecular complexity index is 473. The molecule has 0 aromatic carbocycles. The summed E-state index contributed by atoms with van der Waals surface area (Å²) in [4.78, 5) is 0. The van der Waals surface area contributed by atoms with Gasteiger partial charge in [0.2, 0.25) is 10.0 Å². The summed E-state index contributed by atoms with van der Waals surface area (Å²) < 4.78 is 32.0. The zero-order chi connectivity index (χ0) is 17.9. The van der Waals surface area contributed by atoms with Crippen molar-refractivity contribution < 1.29 is 13.2 Å². The molecule has 134 valence electrons. The van der Waals surface area contributed by atoms with E-state index in [-0.39, 0.29) is 28.1 Å². The van der Waals surface area contributed by atoms with Crippen molar-refractivity contribution in [1.82, 2.24) is 4.31 Å². The fraction of sp³-hybridized carbons (Fsp3) is 0.938. The summed E-state index contributed by atoms with van der Waals surface area (Å²) in [6.45, 7) is 14.5. The fourth-order valence-electron chi connectivity index (χ4n) is 2.04. The lowest BCUT2D eigenvalue weighted by atomic mass is 9.90. The first-order valence-electron chi connectivity index (χ1n) is 7.60. The SMILES string of the molecule is C=S(C)CC(CN(C(C)(C)C)S(C)(=O)=O)OC(C)C(C)(C)C. The average molecular weight is 354 g/mol. The van der Waals surface area contributed by atoms with Crippen LogP contribution in [-0.2, 0) is 14.8 Å². The molecule has 0 saturated heterocycles. The van der Waals surface area contributed by atoms with Gasteiger partial charge in [0.15, 0.2) is 0 Å². The molecule has 3 atom stereocenters. The highest BCUT2D eigenvalue weighted by Crippen LogP contribution is 2.26. The molecule has 0 aliphatic heterocycles. The second kappa shape index (κ2) is 7.77. The van der Waals surface area contributed by atoms with Crippen LogP contribution in [0.4, 0.5) is 0 Å². The van der Waals surface area contributed by atoms with Crippen molar-refractivity contribution in [3.8, 4) is 0 Å². The summed E-state index contributed by atoms with van der Waals surface area (Å²) >= 11 is 0. The average Bonchev–Trinajstić information content (AvgIpc) is 2.19. The molecule has 0 aromatic rings. The van der Waals surface area contributed by atoms with E-state index < -0.39 is 15.6 Å². The van der Waals surface area contributed by atoms with Crippen molar-refractivity contribution >= 4 is 26.4 Å². The van der Waals surface area contributed by atoms with Crippen LogP contribution in [0.25, 0.3) is 0 Å². The van der Waals surface area contributed by atoms with E-state index >= 15 is 0 Å². The van der Waals surface area contributed by atoms with Crippen molar-refractivity contribution in [2.45, 2.75) is 66.2 Å². The first-order valence-corrected chi connectivity index (χ1v) is 11.4. The van der Waals surface area contributed by atoms with Gasteiger partial charge in [0.25, 0.3) is 0 Å². The Morgan fingerprint density at radius 3 is 1.91 bits per heavy atom. The van der Waals surface area contributed by atoms with E-state index in [9.17, 15) is 8.42 Å². The second-order valence-electron chi connectivity index (χ2n) is 8.18. The molecule has 0 bridgehead atoms. The molecule has 0 aromatic heterocycles. The first-order chi connectivity index (χ1) is 9.55. The number of hydrogen-bond donors (Lipinski definition) is 0. The molecular formula is C16H35NO3S2. The first kappa shape index (κ1) is 22.1. The lowest BCUT2D eigenvalue weighted by Crippen LogP contribution is -2.50. The van der Waals surface area contributed by atoms with Crippen LogP contribution < -0.4 is 0 Å². The van der Waals surface area contributed by atoms with Gasteiger partial charge in [-0.25, -0.2) is 8.42 Å². The molecule has 22 heavy (non-hydrogen) atoms. The van der Waals surface area contributed by atoms with Gasteiger partial charge in [0, 0.05) is 17.8 Å². The molecule has 0 aliphatic rings. The molecule has 3 unspecified atom stereocenters. The van der Waals surface area contributed by atoms with Gasteiger partial charge < -0.3 is 4.74 Å². The maximum absolute atomic E-state index is 12.1. The fourth-order valence-corrected chi connectivity index (χ4v) is 4.29. The van der Waals surface area contributed by atoms with Crippen molar-refractivity contribution in [1.29, 1.82) is 0 Å². The van der Waals surface area contributed by atoms with E-state index in [0.717, 1.165) is 5.75 Å². The Hall–Kier alpha value is 0.0900. The van der Waals surface area contributed by atoms with E-state index in [4.69, 9.17) is 4.74 Å². The smallest absolute Gasteiger partial charge is 0.211 e. The summed E-state index contributed by atoms with van der Waals surface area (Å²) in [5.74, 6) is 4.83. The molecule has 0 heterocycles. The van der Waals surface area contributed by atoms with E-state index in [1.165, 1.54) is 10.6 Å². The third kappa shape index (κ3) is 8.09. The van der Waals surface area contributed by atoms with Crippen LogP contribution in [0.15, 0.2) is 0 Å². The van der Waals surface area contributed by atoms with E-state index in [2.05, 4.69) is 32.9 Å². The predicted molar refractivity (Wildman–Crippen MR) is 101 cm³/mol. The minimum absolute atomic E-state index is 0.0173.